The highest BCUT2D eigenvalue weighted by molar-refractivity contribution is 9.10. The molecule has 0 atom stereocenters. The number of aromatic nitrogens is 1. The number of aromatic amines is 1. The van der Waals surface area contributed by atoms with E-state index in [-0.39, 0.29) is 23.1 Å². The molecule has 4 nitrogen and oxygen atoms in total. The number of carbonyl (C=O) groups is 1. The van der Waals surface area contributed by atoms with Gasteiger partial charge in [-0.05, 0) is 35.8 Å². The molecule has 0 spiro atoms. The quantitative estimate of drug-likeness (QED) is 0.840. The van der Waals surface area contributed by atoms with Gasteiger partial charge in [-0.1, -0.05) is 0 Å². The van der Waals surface area contributed by atoms with Gasteiger partial charge in [-0.15, -0.1) is 0 Å². The van der Waals surface area contributed by atoms with Gasteiger partial charge >= 0.3 is 0 Å². The Morgan fingerprint density at radius 1 is 1.57 bits per heavy atom. The summed E-state index contributed by atoms with van der Waals surface area (Å²) in [6.45, 7) is 3.67. The lowest BCUT2D eigenvalue weighted by Gasteiger charge is -2.07. The van der Waals surface area contributed by atoms with Crippen molar-refractivity contribution in [2.45, 2.75) is 19.9 Å². The standard InChI is InChI=1S/C9H11BrN2O2/c1-5(2)12-9(14)7-3-6(10)4-11-8(7)13/h3-5H,1-2H3,(H,11,13)(H,12,14). The third-order valence-electron chi connectivity index (χ3n) is 1.53. The molecule has 0 radical (unpaired) electrons. The van der Waals surface area contributed by atoms with E-state index in [0.29, 0.717) is 4.47 Å². The topological polar surface area (TPSA) is 62.0 Å². The third kappa shape index (κ3) is 2.70. The van der Waals surface area contributed by atoms with Crippen LogP contribution in [0, 0.1) is 0 Å². The van der Waals surface area contributed by atoms with E-state index in [4.69, 9.17) is 0 Å². The second kappa shape index (κ2) is 4.41. The molecule has 0 aliphatic rings. The zero-order valence-corrected chi connectivity index (χ0v) is 9.51. The SMILES string of the molecule is CC(C)NC(=O)c1cc(Br)c[nH]c1=O. The van der Waals surface area contributed by atoms with Gasteiger partial charge in [-0.2, -0.15) is 0 Å². The molecule has 0 aliphatic heterocycles. The molecule has 0 saturated heterocycles. The number of pyridine rings is 1. The first-order valence-corrected chi connectivity index (χ1v) is 4.99. The molecule has 76 valence electrons. The van der Waals surface area contributed by atoms with Gasteiger partial charge in [-0.25, -0.2) is 0 Å². The van der Waals surface area contributed by atoms with Crippen molar-refractivity contribution in [2.75, 3.05) is 0 Å². The van der Waals surface area contributed by atoms with E-state index in [1.165, 1.54) is 12.3 Å². The van der Waals surface area contributed by atoms with E-state index < -0.39 is 0 Å². The van der Waals surface area contributed by atoms with Crippen molar-refractivity contribution in [3.05, 3.63) is 32.7 Å². The summed E-state index contributed by atoms with van der Waals surface area (Å²) in [7, 11) is 0. The summed E-state index contributed by atoms with van der Waals surface area (Å²) < 4.78 is 0.672. The first-order chi connectivity index (χ1) is 6.50. The van der Waals surface area contributed by atoms with Crippen molar-refractivity contribution in [3.8, 4) is 0 Å². The number of H-pyrrole nitrogens is 1. The summed E-state index contributed by atoms with van der Waals surface area (Å²) in [5, 5.41) is 2.65. The van der Waals surface area contributed by atoms with Crippen LogP contribution in [0.15, 0.2) is 21.5 Å². The van der Waals surface area contributed by atoms with Crippen LogP contribution in [0.2, 0.25) is 0 Å². The fraction of sp³-hybridized carbons (Fsp3) is 0.333. The van der Waals surface area contributed by atoms with Crippen LogP contribution in [0.5, 0.6) is 0 Å². The highest BCUT2D eigenvalue weighted by Gasteiger charge is 2.11. The zero-order chi connectivity index (χ0) is 10.7. The van der Waals surface area contributed by atoms with Gasteiger partial charge in [0.1, 0.15) is 5.56 Å². The molecule has 1 aromatic rings. The van der Waals surface area contributed by atoms with Gasteiger partial charge in [0.15, 0.2) is 0 Å². The van der Waals surface area contributed by atoms with Gasteiger partial charge in [-0.3, -0.25) is 9.59 Å². The Hall–Kier alpha value is -1.10. The number of hydrogen-bond donors (Lipinski definition) is 2. The lowest BCUT2D eigenvalue weighted by Crippen LogP contribution is -2.34. The monoisotopic (exact) mass is 258 g/mol. The molecular weight excluding hydrogens is 248 g/mol. The summed E-state index contributed by atoms with van der Waals surface area (Å²) in [4.78, 5) is 25.2. The highest BCUT2D eigenvalue weighted by atomic mass is 79.9. The number of carbonyl (C=O) groups excluding carboxylic acids is 1. The van der Waals surface area contributed by atoms with Crippen molar-refractivity contribution in [3.63, 3.8) is 0 Å². The molecule has 1 heterocycles. The molecule has 0 saturated carbocycles. The van der Waals surface area contributed by atoms with Gasteiger partial charge in [0.05, 0.1) is 0 Å². The normalized spacial score (nSPS) is 10.3. The van der Waals surface area contributed by atoms with Crippen LogP contribution in [0.25, 0.3) is 0 Å². The van der Waals surface area contributed by atoms with E-state index in [9.17, 15) is 9.59 Å². The van der Waals surface area contributed by atoms with Gasteiger partial charge < -0.3 is 10.3 Å². The Balaban J connectivity index is 3.00. The number of hydrogen-bond acceptors (Lipinski definition) is 2. The molecule has 0 aromatic carbocycles. The van der Waals surface area contributed by atoms with Crippen molar-refractivity contribution in [2.24, 2.45) is 0 Å². The van der Waals surface area contributed by atoms with Crippen molar-refractivity contribution in [1.29, 1.82) is 0 Å². The van der Waals surface area contributed by atoms with E-state index in [1.54, 1.807) is 0 Å². The molecule has 1 aromatic heterocycles. The molecule has 0 unspecified atom stereocenters. The summed E-state index contributed by atoms with van der Waals surface area (Å²) in [6.07, 6.45) is 1.49. The largest absolute Gasteiger partial charge is 0.350 e. The fourth-order valence-corrected chi connectivity index (χ4v) is 1.31. The average molecular weight is 259 g/mol. The van der Waals surface area contributed by atoms with Gasteiger partial charge in [0.25, 0.3) is 11.5 Å². The molecule has 0 fully saturated rings. The minimum atomic E-state index is -0.383. The predicted octanol–water partition coefficient (Wildman–Crippen LogP) is 1.28. The minimum absolute atomic E-state index is 0.0147. The van der Waals surface area contributed by atoms with Crippen molar-refractivity contribution in [1.82, 2.24) is 10.3 Å². The van der Waals surface area contributed by atoms with E-state index in [1.807, 2.05) is 13.8 Å². The van der Waals surface area contributed by atoms with Crippen LogP contribution in [-0.4, -0.2) is 16.9 Å². The molecule has 0 aliphatic carbocycles. The van der Waals surface area contributed by atoms with Crippen molar-refractivity contribution < 1.29 is 4.79 Å². The Morgan fingerprint density at radius 3 is 2.79 bits per heavy atom. The number of nitrogens with one attached hydrogen (secondary N) is 2. The summed E-state index contributed by atoms with van der Waals surface area (Å²) in [6, 6.07) is 1.51. The summed E-state index contributed by atoms with van der Waals surface area (Å²) in [5.74, 6) is -0.359. The van der Waals surface area contributed by atoms with E-state index >= 15 is 0 Å². The molecule has 2 N–H and O–H groups in total. The van der Waals surface area contributed by atoms with E-state index in [2.05, 4.69) is 26.2 Å². The minimum Gasteiger partial charge on any atom is -0.350 e. The van der Waals surface area contributed by atoms with Gasteiger partial charge in [0, 0.05) is 16.7 Å². The smallest absolute Gasteiger partial charge is 0.260 e. The maximum Gasteiger partial charge on any atom is 0.260 e. The zero-order valence-electron chi connectivity index (χ0n) is 7.93. The van der Waals surface area contributed by atoms with Crippen LogP contribution < -0.4 is 10.9 Å². The lowest BCUT2D eigenvalue weighted by atomic mass is 10.2. The fourth-order valence-electron chi connectivity index (χ4n) is 0.966. The lowest BCUT2D eigenvalue weighted by molar-refractivity contribution is 0.0941. The van der Waals surface area contributed by atoms with Crippen LogP contribution in [-0.2, 0) is 0 Å². The predicted molar refractivity (Wildman–Crippen MR) is 57.4 cm³/mol. The van der Waals surface area contributed by atoms with Gasteiger partial charge in [0.2, 0.25) is 0 Å². The Morgan fingerprint density at radius 2 is 2.21 bits per heavy atom. The molecule has 5 heteroatoms. The van der Waals surface area contributed by atoms with Crippen LogP contribution in [0.1, 0.15) is 24.2 Å². The third-order valence-corrected chi connectivity index (χ3v) is 1.99. The highest BCUT2D eigenvalue weighted by Crippen LogP contribution is 2.06. The second-order valence-corrected chi connectivity index (χ2v) is 4.10. The van der Waals surface area contributed by atoms with Crippen LogP contribution in [0.4, 0.5) is 0 Å². The van der Waals surface area contributed by atoms with Crippen LogP contribution >= 0.6 is 15.9 Å². The summed E-state index contributed by atoms with van der Waals surface area (Å²) in [5.41, 5.74) is -0.264. The Bertz CT molecular complexity index is 398. The number of halogens is 1. The van der Waals surface area contributed by atoms with E-state index in [0.717, 1.165) is 0 Å². The van der Waals surface area contributed by atoms with Crippen molar-refractivity contribution >= 4 is 21.8 Å². The molecule has 0 bridgehead atoms. The maximum atomic E-state index is 11.5. The Labute approximate surface area is 89.9 Å². The molecule has 1 rings (SSSR count). The second-order valence-electron chi connectivity index (χ2n) is 3.19. The molecule has 14 heavy (non-hydrogen) atoms. The molecule has 1 amide bonds. The first kappa shape index (κ1) is 11.0. The summed E-state index contributed by atoms with van der Waals surface area (Å²) >= 11 is 3.18. The average Bonchev–Trinajstić information content (AvgIpc) is 2.08. The maximum absolute atomic E-state index is 11.5. The molecular formula is C9H11BrN2O2. The number of amides is 1. The van der Waals surface area contributed by atoms with Crippen LogP contribution in [0.3, 0.4) is 0 Å². The Kier molecular flexibility index (Phi) is 3.46. The first-order valence-electron chi connectivity index (χ1n) is 4.20. The number of rotatable bonds is 2.